The summed E-state index contributed by atoms with van der Waals surface area (Å²) < 4.78 is 0. The van der Waals surface area contributed by atoms with Crippen LogP contribution in [-0.2, 0) is 27.1 Å². The van der Waals surface area contributed by atoms with Gasteiger partial charge in [-0.1, -0.05) is 76.9 Å². The topological polar surface area (TPSA) is 40.5 Å². The molecule has 2 N–H and O–H groups in total. The molecule has 32 heavy (non-hydrogen) atoms. The van der Waals surface area contributed by atoms with Crippen LogP contribution in [-0.4, -0.2) is 33.8 Å². The zero-order valence-corrected chi connectivity index (χ0v) is 21.5. The van der Waals surface area contributed by atoms with Crippen LogP contribution in [0.3, 0.4) is 0 Å². The Balaban J connectivity index is 3.12. The van der Waals surface area contributed by atoms with Gasteiger partial charge < -0.3 is 10.2 Å². The summed E-state index contributed by atoms with van der Waals surface area (Å²) in [5.41, 5.74) is 3.57. The molecule has 0 amide bonds. The third-order valence-corrected chi connectivity index (χ3v) is 5.91. The smallest absolute Gasteiger partial charge is 0.0846 e. The van der Waals surface area contributed by atoms with Crippen LogP contribution in [0.15, 0.2) is 30.3 Å². The van der Waals surface area contributed by atoms with Crippen molar-refractivity contribution in [1.29, 1.82) is 0 Å². The van der Waals surface area contributed by atoms with Crippen molar-refractivity contribution in [2.24, 2.45) is 0 Å². The van der Waals surface area contributed by atoms with Gasteiger partial charge in [-0.2, -0.15) is 0 Å². The maximum atomic E-state index is 11.2. The van der Waals surface area contributed by atoms with Gasteiger partial charge in [0.05, 0.1) is 34.7 Å². The molecule has 0 aliphatic carbocycles. The molecule has 2 aromatic rings. The Kier molecular flexibility index (Phi) is 6.78. The molecule has 2 rings (SSSR count). The second kappa shape index (κ2) is 8.10. The van der Waals surface area contributed by atoms with Crippen LogP contribution in [0.2, 0.25) is 0 Å². The summed E-state index contributed by atoms with van der Waals surface area (Å²) in [5.74, 6) is 0. The van der Waals surface area contributed by atoms with Gasteiger partial charge in [0.1, 0.15) is 0 Å². The minimum Gasteiger partial charge on any atom is -0.386 e. The monoisotopic (exact) mass is 426 g/mol. The van der Waals surface area contributed by atoms with Crippen molar-refractivity contribution >= 4 is 23.5 Å². The Bertz CT molecular complexity index is 923. The van der Waals surface area contributed by atoms with Crippen molar-refractivity contribution in [2.75, 3.05) is 0 Å². The highest BCUT2D eigenvalue weighted by Gasteiger charge is 2.32. The van der Waals surface area contributed by atoms with Crippen molar-refractivity contribution in [2.45, 2.75) is 96.4 Å². The molecule has 0 saturated heterocycles. The Morgan fingerprint density at radius 3 is 1.22 bits per heavy atom. The average molecular weight is 426 g/mol. The van der Waals surface area contributed by atoms with Crippen LogP contribution in [0.5, 0.6) is 0 Å². The van der Waals surface area contributed by atoms with Crippen LogP contribution in [0.4, 0.5) is 0 Å². The minimum absolute atomic E-state index is 0.587. The molecule has 0 spiro atoms. The first kappa shape index (κ1) is 26.8. The lowest BCUT2D eigenvalue weighted by Crippen LogP contribution is -2.27. The van der Waals surface area contributed by atoms with E-state index < -0.39 is 27.1 Å². The summed E-state index contributed by atoms with van der Waals surface area (Å²) in [4.78, 5) is 0. The summed E-state index contributed by atoms with van der Waals surface area (Å²) in [6.07, 6.45) is 0. The van der Waals surface area contributed by atoms with Gasteiger partial charge in [-0.3, -0.25) is 0 Å². The first-order chi connectivity index (χ1) is 14.0. The Labute approximate surface area is 199 Å². The van der Waals surface area contributed by atoms with Crippen molar-refractivity contribution < 1.29 is 10.2 Å². The van der Waals surface area contributed by atoms with E-state index in [1.165, 1.54) is 0 Å². The van der Waals surface area contributed by atoms with Crippen LogP contribution in [0.1, 0.15) is 97.1 Å². The lowest BCUT2D eigenvalue weighted by atomic mass is 9.61. The van der Waals surface area contributed by atoms with E-state index in [9.17, 15) is 10.2 Å². The fourth-order valence-electron chi connectivity index (χ4n) is 3.81. The maximum absolute atomic E-state index is 11.2. The Hall–Kier alpha value is -1.45. The third kappa shape index (κ3) is 5.91. The first-order valence-corrected chi connectivity index (χ1v) is 11.2. The standard InChI is InChI=1S/C27H37B3O2/c1-23(2,28)17-11-16(12-18(13-17)24(3,4)29)22-20(25(5,6)30)14-19(26(7,8)31)15-21(22)27(9,10)32/h11-15,31-32H,1-10H3. The highest BCUT2D eigenvalue weighted by molar-refractivity contribution is 6.17. The molecule has 0 aliphatic heterocycles. The maximum Gasteiger partial charge on any atom is 0.0846 e. The molecule has 5 heteroatoms. The predicted molar refractivity (Wildman–Crippen MR) is 139 cm³/mol. The largest absolute Gasteiger partial charge is 0.386 e. The van der Waals surface area contributed by atoms with E-state index in [1.807, 2.05) is 59.7 Å². The minimum atomic E-state index is -1.18. The van der Waals surface area contributed by atoms with Gasteiger partial charge in [0.25, 0.3) is 0 Å². The van der Waals surface area contributed by atoms with Crippen LogP contribution >= 0.6 is 0 Å². The highest BCUT2D eigenvalue weighted by Crippen LogP contribution is 2.43. The molecule has 0 aromatic heterocycles. The summed E-state index contributed by atoms with van der Waals surface area (Å²) in [5, 5.41) is 20.1. The Morgan fingerprint density at radius 1 is 0.500 bits per heavy atom. The summed E-state index contributed by atoms with van der Waals surface area (Å²) in [6, 6.07) is 9.97. The Morgan fingerprint density at radius 2 is 0.906 bits per heavy atom. The zero-order valence-electron chi connectivity index (χ0n) is 21.5. The summed E-state index contributed by atoms with van der Waals surface area (Å²) in [6.45, 7) is 18.7. The molecular formula is C27H37B3O2. The molecule has 0 aliphatic rings. The second-order valence-electron chi connectivity index (χ2n) is 12.0. The van der Waals surface area contributed by atoms with E-state index in [0.717, 1.165) is 27.8 Å². The van der Waals surface area contributed by atoms with Gasteiger partial charge in [0, 0.05) is 0 Å². The lowest BCUT2D eigenvalue weighted by Gasteiger charge is -2.34. The first-order valence-electron chi connectivity index (χ1n) is 11.2. The second-order valence-corrected chi connectivity index (χ2v) is 12.0. The molecule has 0 heterocycles. The fraction of sp³-hybridized carbons (Fsp3) is 0.556. The van der Waals surface area contributed by atoms with Crippen molar-refractivity contribution in [1.82, 2.24) is 0 Å². The molecule has 166 valence electrons. The van der Waals surface area contributed by atoms with E-state index >= 15 is 0 Å². The van der Waals surface area contributed by atoms with Gasteiger partial charge >= 0.3 is 0 Å². The molecule has 0 bridgehead atoms. The molecule has 2 aromatic carbocycles. The van der Waals surface area contributed by atoms with Crippen molar-refractivity contribution in [3.8, 4) is 11.1 Å². The molecule has 2 nitrogen and oxygen atoms in total. The van der Waals surface area contributed by atoms with E-state index in [0.29, 0.717) is 11.1 Å². The van der Waals surface area contributed by atoms with Gasteiger partial charge in [-0.05, 0) is 77.5 Å². The number of benzene rings is 2. The van der Waals surface area contributed by atoms with Crippen LogP contribution in [0, 0.1) is 0 Å². The number of aliphatic hydroxyl groups is 2. The van der Waals surface area contributed by atoms with Gasteiger partial charge in [0.2, 0.25) is 0 Å². The molecule has 0 atom stereocenters. The molecule has 0 unspecified atom stereocenters. The predicted octanol–water partition coefficient (Wildman–Crippen LogP) is 5.02. The van der Waals surface area contributed by atoms with E-state index in [-0.39, 0.29) is 0 Å². The fourth-order valence-corrected chi connectivity index (χ4v) is 3.81. The van der Waals surface area contributed by atoms with Crippen LogP contribution in [0.25, 0.3) is 11.1 Å². The normalized spacial score (nSPS) is 14.0. The lowest BCUT2D eigenvalue weighted by molar-refractivity contribution is 0.0720. The quantitative estimate of drug-likeness (QED) is 0.638. The van der Waals surface area contributed by atoms with Crippen LogP contribution < -0.4 is 0 Å². The third-order valence-electron chi connectivity index (χ3n) is 5.91. The van der Waals surface area contributed by atoms with Gasteiger partial charge in [-0.25, -0.2) is 0 Å². The van der Waals surface area contributed by atoms with Gasteiger partial charge in [-0.15, -0.1) is 0 Å². The van der Waals surface area contributed by atoms with E-state index in [2.05, 4.69) is 12.1 Å². The van der Waals surface area contributed by atoms with E-state index in [4.69, 9.17) is 23.5 Å². The number of rotatable bonds is 6. The van der Waals surface area contributed by atoms with Gasteiger partial charge in [0.15, 0.2) is 0 Å². The molecular weight excluding hydrogens is 389 g/mol. The van der Waals surface area contributed by atoms with Crippen molar-refractivity contribution in [3.63, 3.8) is 0 Å². The SMILES string of the molecule is [B]C(C)(C)c1cc(-c2c(C([B])(C)C)cc(C(C)(C)O)cc2C(C)(C)O)cc(C([B])(C)C)c1. The van der Waals surface area contributed by atoms with Crippen molar-refractivity contribution in [3.05, 3.63) is 58.1 Å². The zero-order chi connectivity index (χ0) is 25.1. The highest BCUT2D eigenvalue weighted by atomic mass is 16.3. The molecule has 6 radical (unpaired) electrons. The number of hydrogen-bond acceptors (Lipinski definition) is 2. The number of hydrogen-bond donors (Lipinski definition) is 2. The summed E-state index contributed by atoms with van der Waals surface area (Å²) in [7, 11) is 19.6. The molecule has 0 saturated carbocycles. The molecule has 0 fully saturated rings. The van der Waals surface area contributed by atoms with E-state index in [1.54, 1.807) is 27.7 Å². The summed E-state index contributed by atoms with van der Waals surface area (Å²) >= 11 is 0. The average Bonchev–Trinajstić information content (AvgIpc) is 2.56.